The Labute approximate surface area is 240 Å². The topological polar surface area (TPSA) is 66.9 Å². The molecule has 0 bridgehead atoms. The van der Waals surface area contributed by atoms with Crippen LogP contribution in [-0.2, 0) is 9.59 Å². The second-order valence-electron chi connectivity index (χ2n) is 10.0. The molecule has 3 aliphatic heterocycles. The Hall–Kier alpha value is -3.42. The maximum atomic E-state index is 14.1. The van der Waals surface area contributed by atoms with E-state index in [0.717, 1.165) is 28.6 Å². The van der Waals surface area contributed by atoms with Gasteiger partial charge in [0.25, 0.3) is 0 Å². The number of imide groups is 1. The van der Waals surface area contributed by atoms with Gasteiger partial charge in [-0.25, -0.2) is 4.90 Å². The highest BCUT2D eigenvalue weighted by Crippen LogP contribution is 2.50. The molecule has 39 heavy (non-hydrogen) atoms. The molecule has 198 valence electrons. The lowest BCUT2D eigenvalue weighted by Crippen LogP contribution is -2.48. The molecule has 0 saturated carbocycles. The molecule has 8 heteroatoms. The van der Waals surface area contributed by atoms with Gasteiger partial charge < -0.3 is 9.64 Å². The lowest BCUT2D eigenvalue weighted by atomic mass is 9.86. The van der Waals surface area contributed by atoms with Gasteiger partial charge in [0, 0.05) is 20.7 Å². The fourth-order valence-electron chi connectivity index (χ4n) is 5.91. The third kappa shape index (κ3) is 4.38. The Bertz CT molecular complexity index is 1490. The van der Waals surface area contributed by atoms with E-state index in [1.807, 2.05) is 29.2 Å². The number of rotatable bonds is 7. The second kappa shape index (κ2) is 10.3. The first-order chi connectivity index (χ1) is 18.9. The quantitative estimate of drug-likeness (QED) is 0.174. The number of carbonyl (C=O) groups excluding carboxylic acids is 3. The fraction of sp³-hybridized carbons (Fsp3) is 0.258. The maximum Gasteiger partial charge on any atom is 0.240 e. The zero-order chi connectivity index (χ0) is 27.3. The van der Waals surface area contributed by atoms with Crippen LogP contribution >= 0.6 is 27.5 Å². The predicted molar refractivity (Wildman–Crippen MR) is 155 cm³/mol. The molecule has 0 spiro atoms. The number of Topliss-reactive ketones (excluding diaryl/α,β-unsaturated/α-hetero) is 1. The Morgan fingerprint density at radius 3 is 2.41 bits per heavy atom. The molecule has 0 N–H and O–H groups in total. The van der Waals surface area contributed by atoms with Crippen LogP contribution in [0.15, 0.2) is 77.3 Å². The molecule has 3 aliphatic rings. The van der Waals surface area contributed by atoms with Crippen molar-refractivity contribution in [3.05, 3.63) is 93.4 Å². The monoisotopic (exact) mass is 604 g/mol. The van der Waals surface area contributed by atoms with Gasteiger partial charge >= 0.3 is 0 Å². The maximum absolute atomic E-state index is 14.1. The molecule has 2 saturated heterocycles. The average Bonchev–Trinajstić information content (AvgIpc) is 3.41. The van der Waals surface area contributed by atoms with E-state index in [2.05, 4.69) is 22.9 Å². The van der Waals surface area contributed by atoms with Gasteiger partial charge in [0.05, 0.1) is 30.2 Å². The van der Waals surface area contributed by atoms with Gasteiger partial charge in [-0.3, -0.25) is 14.4 Å². The number of hydrogen-bond acceptors (Lipinski definition) is 5. The summed E-state index contributed by atoms with van der Waals surface area (Å²) in [5.41, 5.74) is 2.61. The van der Waals surface area contributed by atoms with E-state index in [1.54, 1.807) is 54.6 Å². The van der Waals surface area contributed by atoms with Gasteiger partial charge in [-0.1, -0.05) is 65.2 Å². The molecule has 3 aromatic rings. The number of unbranched alkanes of at least 4 members (excludes halogenated alkanes) is 1. The molecule has 4 atom stereocenters. The van der Waals surface area contributed by atoms with Crippen LogP contribution in [0.25, 0.3) is 6.08 Å². The van der Waals surface area contributed by atoms with Gasteiger partial charge in [-0.05, 0) is 66.6 Å². The van der Waals surface area contributed by atoms with Crippen molar-refractivity contribution in [3.8, 4) is 5.75 Å². The van der Waals surface area contributed by atoms with E-state index < -0.39 is 23.9 Å². The van der Waals surface area contributed by atoms with Crippen LogP contribution in [0.2, 0.25) is 5.02 Å². The molecule has 6 nitrogen and oxygen atoms in total. The standard InChI is InChI=1S/C31H26BrClN2O4/c1-2-3-16-39-23-12-10-22(11-13-23)34-30(37)26-25-14-6-19-17-21(33)9-15-24(19)35(25)28(27(26)31(34)38)29(36)18-4-7-20(32)8-5-18/h4-15,17,25-28H,2-3,16H2,1H3/t25-,26+,27+,28-/m0/s1. The molecule has 3 aromatic carbocycles. The van der Waals surface area contributed by atoms with Crippen molar-refractivity contribution in [2.24, 2.45) is 11.8 Å². The molecule has 0 aliphatic carbocycles. The molecule has 3 heterocycles. The summed E-state index contributed by atoms with van der Waals surface area (Å²) in [7, 11) is 0. The number of anilines is 2. The highest BCUT2D eigenvalue weighted by molar-refractivity contribution is 9.10. The van der Waals surface area contributed by atoms with E-state index in [1.165, 1.54) is 4.90 Å². The summed E-state index contributed by atoms with van der Waals surface area (Å²) in [6.07, 6.45) is 5.82. The highest BCUT2D eigenvalue weighted by Gasteiger charge is 2.64. The number of fused-ring (bicyclic) bond motifs is 5. The summed E-state index contributed by atoms with van der Waals surface area (Å²) in [5.74, 6) is -1.69. The minimum atomic E-state index is -0.843. The minimum Gasteiger partial charge on any atom is -0.494 e. The summed E-state index contributed by atoms with van der Waals surface area (Å²) in [6, 6.07) is 18.3. The molecular weight excluding hydrogens is 580 g/mol. The Morgan fingerprint density at radius 2 is 1.69 bits per heavy atom. The molecule has 6 rings (SSSR count). The van der Waals surface area contributed by atoms with E-state index in [-0.39, 0.29) is 17.6 Å². The molecular formula is C31H26BrClN2O4. The number of nitrogens with zero attached hydrogens (tertiary/aromatic N) is 2. The number of ketones is 1. The van der Waals surface area contributed by atoms with Crippen LogP contribution in [0, 0.1) is 11.8 Å². The normalized spacial score (nSPS) is 23.1. The van der Waals surface area contributed by atoms with E-state index in [0.29, 0.717) is 28.6 Å². The van der Waals surface area contributed by atoms with Crippen molar-refractivity contribution < 1.29 is 19.1 Å². The Balaban J connectivity index is 1.39. The van der Waals surface area contributed by atoms with Crippen LogP contribution in [0.4, 0.5) is 11.4 Å². The number of amides is 2. The number of hydrogen-bond donors (Lipinski definition) is 0. The summed E-state index contributed by atoms with van der Waals surface area (Å²) in [5, 5.41) is 0.576. The molecule has 0 unspecified atom stereocenters. The van der Waals surface area contributed by atoms with Crippen molar-refractivity contribution in [2.75, 3.05) is 16.4 Å². The Kier molecular flexibility index (Phi) is 6.81. The van der Waals surface area contributed by atoms with Crippen LogP contribution in [0.5, 0.6) is 5.75 Å². The number of ether oxygens (including phenoxy) is 1. The minimum absolute atomic E-state index is 0.195. The van der Waals surface area contributed by atoms with E-state index in [9.17, 15) is 14.4 Å². The van der Waals surface area contributed by atoms with E-state index >= 15 is 0 Å². The molecule has 0 radical (unpaired) electrons. The zero-order valence-corrected chi connectivity index (χ0v) is 23.6. The number of halogens is 2. The molecule has 2 amide bonds. The SMILES string of the molecule is CCCCOc1ccc(N2C(=O)[C@@H]3[C@H](C2=O)[C@@H]2C=Cc4cc(Cl)ccc4N2[C@@H]3C(=O)c2ccc(Br)cc2)cc1. The second-order valence-corrected chi connectivity index (χ2v) is 11.4. The van der Waals surface area contributed by atoms with Gasteiger partial charge in [-0.15, -0.1) is 0 Å². The van der Waals surface area contributed by atoms with Gasteiger partial charge in [0.1, 0.15) is 11.8 Å². The average molecular weight is 606 g/mol. The first-order valence-electron chi connectivity index (χ1n) is 13.1. The lowest BCUT2D eigenvalue weighted by Gasteiger charge is -2.36. The zero-order valence-electron chi connectivity index (χ0n) is 21.2. The van der Waals surface area contributed by atoms with Gasteiger partial charge in [0.2, 0.25) is 11.8 Å². The van der Waals surface area contributed by atoms with Crippen molar-refractivity contribution >= 4 is 62.6 Å². The summed E-state index contributed by atoms with van der Waals surface area (Å²) in [4.78, 5) is 45.3. The van der Waals surface area contributed by atoms with Gasteiger partial charge in [-0.2, -0.15) is 0 Å². The Morgan fingerprint density at radius 1 is 0.974 bits per heavy atom. The van der Waals surface area contributed by atoms with Crippen molar-refractivity contribution in [1.29, 1.82) is 0 Å². The summed E-state index contributed by atoms with van der Waals surface area (Å²) in [6.45, 7) is 2.71. The number of benzene rings is 3. The van der Waals surface area contributed by atoms with Crippen LogP contribution in [0.3, 0.4) is 0 Å². The summed E-state index contributed by atoms with van der Waals surface area (Å²) < 4.78 is 6.60. The first kappa shape index (κ1) is 25.8. The van der Waals surface area contributed by atoms with Crippen molar-refractivity contribution in [3.63, 3.8) is 0 Å². The lowest BCUT2D eigenvalue weighted by molar-refractivity contribution is -0.122. The first-order valence-corrected chi connectivity index (χ1v) is 14.2. The summed E-state index contributed by atoms with van der Waals surface area (Å²) >= 11 is 9.68. The van der Waals surface area contributed by atoms with Crippen LogP contribution < -0.4 is 14.5 Å². The molecule has 2 fully saturated rings. The largest absolute Gasteiger partial charge is 0.494 e. The fourth-order valence-corrected chi connectivity index (χ4v) is 6.35. The third-order valence-electron chi connectivity index (χ3n) is 7.73. The van der Waals surface area contributed by atoms with Crippen molar-refractivity contribution in [2.45, 2.75) is 31.8 Å². The smallest absolute Gasteiger partial charge is 0.240 e. The molecule has 0 aromatic heterocycles. The predicted octanol–water partition coefficient (Wildman–Crippen LogP) is 6.55. The third-order valence-corrected chi connectivity index (χ3v) is 8.49. The number of carbonyl (C=O) groups is 3. The van der Waals surface area contributed by atoms with Crippen molar-refractivity contribution in [1.82, 2.24) is 0 Å². The van der Waals surface area contributed by atoms with Gasteiger partial charge in [0.15, 0.2) is 5.78 Å². The van der Waals surface area contributed by atoms with Crippen LogP contribution in [-0.4, -0.2) is 36.3 Å². The van der Waals surface area contributed by atoms with Crippen LogP contribution in [0.1, 0.15) is 35.7 Å². The van der Waals surface area contributed by atoms with E-state index in [4.69, 9.17) is 16.3 Å². The highest BCUT2D eigenvalue weighted by atomic mass is 79.9.